The smallest absolute Gasteiger partial charge is 0.416 e. The SMILES string of the molecule is CC(C)(CN)COc1ccc(C(F)(F)F)cc1N. The van der Waals surface area contributed by atoms with Gasteiger partial charge in [0, 0.05) is 12.0 Å². The Morgan fingerprint density at radius 3 is 2.28 bits per heavy atom. The first-order valence-corrected chi connectivity index (χ1v) is 5.45. The van der Waals surface area contributed by atoms with Crippen LogP contribution in [0.5, 0.6) is 5.75 Å². The topological polar surface area (TPSA) is 61.3 Å². The second-order valence-corrected chi connectivity index (χ2v) is 4.91. The number of hydrogen-bond donors (Lipinski definition) is 2. The molecule has 0 aromatic heterocycles. The third-order valence-electron chi connectivity index (χ3n) is 2.51. The molecule has 1 rings (SSSR count). The molecule has 1 aromatic carbocycles. The molecule has 18 heavy (non-hydrogen) atoms. The number of alkyl halides is 3. The predicted octanol–water partition coefficient (Wildman–Crippen LogP) is 2.65. The molecule has 0 radical (unpaired) electrons. The van der Waals surface area contributed by atoms with Crippen molar-refractivity contribution in [3.05, 3.63) is 23.8 Å². The van der Waals surface area contributed by atoms with Gasteiger partial charge in [0.25, 0.3) is 0 Å². The van der Waals surface area contributed by atoms with Gasteiger partial charge in [-0.05, 0) is 18.2 Å². The molecule has 102 valence electrons. The summed E-state index contributed by atoms with van der Waals surface area (Å²) in [5.74, 6) is 0.240. The summed E-state index contributed by atoms with van der Waals surface area (Å²) in [7, 11) is 0. The van der Waals surface area contributed by atoms with Gasteiger partial charge in [-0.2, -0.15) is 13.2 Å². The lowest BCUT2D eigenvalue weighted by Gasteiger charge is -2.23. The van der Waals surface area contributed by atoms with E-state index in [4.69, 9.17) is 16.2 Å². The van der Waals surface area contributed by atoms with Crippen LogP contribution in [0.4, 0.5) is 18.9 Å². The molecule has 0 unspecified atom stereocenters. The maximum absolute atomic E-state index is 12.4. The molecular formula is C12H17F3N2O. The first-order valence-electron chi connectivity index (χ1n) is 5.45. The van der Waals surface area contributed by atoms with Crippen molar-refractivity contribution in [2.24, 2.45) is 11.1 Å². The van der Waals surface area contributed by atoms with Crippen LogP contribution in [0, 0.1) is 5.41 Å². The molecular weight excluding hydrogens is 245 g/mol. The second-order valence-electron chi connectivity index (χ2n) is 4.91. The number of ether oxygens (including phenoxy) is 1. The normalized spacial score (nSPS) is 12.6. The van der Waals surface area contributed by atoms with E-state index in [1.165, 1.54) is 6.07 Å². The van der Waals surface area contributed by atoms with Crippen LogP contribution >= 0.6 is 0 Å². The van der Waals surface area contributed by atoms with Crippen LogP contribution in [0.3, 0.4) is 0 Å². The van der Waals surface area contributed by atoms with E-state index in [0.29, 0.717) is 13.2 Å². The van der Waals surface area contributed by atoms with Gasteiger partial charge in [-0.1, -0.05) is 13.8 Å². The van der Waals surface area contributed by atoms with Crippen molar-refractivity contribution < 1.29 is 17.9 Å². The molecule has 0 saturated carbocycles. The molecule has 0 heterocycles. The van der Waals surface area contributed by atoms with Crippen LogP contribution in [-0.2, 0) is 6.18 Å². The van der Waals surface area contributed by atoms with E-state index >= 15 is 0 Å². The minimum Gasteiger partial charge on any atom is -0.491 e. The average Bonchev–Trinajstić information content (AvgIpc) is 2.26. The number of nitrogen functional groups attached to an aromatic ring is 1. The van der Waals surface area contributed by atoms with Gasteiger partial charge in [0.15, 0.2) is 0 Å². The van der Waals surface area contributed by atoms with Crippen molar-refractivity contribution >= 4 is 5.69 Å². The summed E-state index contributed by atoms with van der Waals surface area (Å²) >= 11 is 0. The Kier molecular flexibility index (Phi) is 4.11. The molecule has 1 aromatic rings. The number of anilines is 1. The van der Waals surface area contributed by atoms with E-state index in [1.54, 1.807) is 0 Å². The third kappa shape index (κ3) is 3.80. The number of nitrogens with two attached hydrogens (primary N) is 2. The standard InChI is InChI=1S/C12H17F3N2O/c1-11(2,6-16)7-18-10-4-3-8(5-9(10)17)12(13,14)15/h3-5H,6-7,16-17H2,1-2H3. The van der Waals surface area contributed by atoms with E-state index < -0.39 is 11.7 Å². The van der Waals surface area contributed by atoms with Gasteiger partial charge in [-0.3, -0.25) is 0 Å². The highest BCUT2D eigenvalue weighted by Gasteiger charge is 2.31. The van der Waals surface area contributed by atoms with Crippen LogP contribution in [0.15, 0.2) is 18.2 Å². The average molecular weight is 262 g/mol. The van der Waals surface area contributed by atoms with Crippen molar-refractivity contribution in [3.8, 4) is 5.75 Å². The zero-order valence-corrected chi connectivity index (χ0v) is 10.3. The lowest BCUT2D eigenvalue weighted by Crippen LogP contribution is -2.30. The van der Waals surface area contributed by atoms with E-state index in [2.05, 4.69) is 0 Å². The van der Waals surface area contributed by atoms with Crippen LogP contribution in [-0.4, -0.2) is 13.2 Å². The molecule has 3 nitrogen and oxygen atoms in total. The molecule has 0 aliphatic heterocycles. The van der Waals surface area contributed by atoms with Crippen LogP contribution in [0.25, 0.3) is 0 Å². The second kappa shape index (κ2) is 5.06. The zero-order valence-electron chi connectivity index (χ0n) is 10.3. The summed E-state index contributed by atoms with van der Waals surface area (Å²) in [6.07, 6.45) is -4.40. The maximum atomic E-state index is 12.4. The summed E-state index contributed by atoms with van der Waals surface area (Å²) in [6, 6.07) is 3.04. The van der Waals surface area contributed by atoms with Gasteiger partial charge < -0.3 is 16.2 Å². The minimum atomic E-state index is -4.40. The van der Waals surface area contributed by atoms with Crippen molar-refractivity contribution in [1.82, 2.24) is 0 Å². The fraction of sp³-hybridized carbons (Fsp3) is 0.500. The van der Waals surface area contributed by atoms with Crippen molar-refractivity contribution in [2.45, 2.75) is 20.0 Å². The molecule has 0 saturated heterocycles. The molecule has 0 amide bonds. The fourth-order valence-corrected chi connectivity index (χ4v) is 1.19. The van der Waals surface area contributed by atoms with Crippen molar-refractivity contribution in [1.29, 1.82) is 0 Å². The molecule has 0 aliphatic rings. The number of halogens is 3. The summed E-state index contributed by atoms with van der Waals surface area (Å²) in [4.78, 5) is 0. The quantitative estimate of drug-likeness (QED) is 0.820. The molecule has 0 atom stereocenters. The zero-order chi connectivity index (χ0) is 14.0. The first-order chi connectivity index (χ1) is 8.15. The third-order valence-corrected chi connectivity index (χ3v) is 2.51. The predicted molar refractivity (Wildman–Crippen MR) is 64.2 cm³/mol. The summed E-state index contributed by atoms with van der Waals surface area (Å²) < 4.78 is 42.6. The Balaban J connectivity index is 2.81. The number of rotatable bonds is 4. The molecule has 0 fully saturated rings. The van der Waals surface area contributed by atoms with Gasteiger partial charge in [0.1, 0.15) is 5.75 Å². The summed E-state index contributed by atoms with van der Waals surface area (Å²) in [6.45, 7) is 4.49. The lowest BCUT2D eigenvalue weighted by molar-refractivity contribution is -0.137. The molecule has 0 aliphatic carbocycles. The Morgan fingerprint density at radius 2 is 1.83 bits per heavy atom. The Morgan fingerprint density at radius 1 is 1.22 bits per heavy atom. The molecule has 0 spiro atoms. The summed E-state index contributed by atoms with van der Waals surface area (Å²) in [5.41, 5.74) is 9.99. The van der Waals surface area contributed by atoms with E-state index in [9.17, 15) is 13.2 Å². The van der Waals surface area contributed by atoms with E-state index in [1.807, 2.05) is 13.8 Å². The van der Waals surface area contributed by atoms with Crippen LogP contribution in [0.1, 0.15) is 19.4 Å². The van der Waals surface area contributed by atoms with Crippen molar-refractivity contribution in [2.75, 3.05) is 18.9 Å². The van der Waals surface area contributed by atoms with Crippen molar-refractivity contribution in [3.63, 3.8) is 0 Å². The fourth-order valence-electron chi connectivity index (χ4n) is 1.19. The Hall–Kier alpha value is -1.43. The number of hydrogen-bond acceptors (Lipinski definition) is 3. The first kappa shape index (κ1) is 14.6. The van der Waals surface area contributed by atoms with Gasteiger partial charge in [0.2, 0.25) is 0 Å². The van der Waals surface area contributed by atoms with Gasteiger partial charge in [-0.15, -0.1) is 0 Å². The molecule has 4 N–H and O–H groups in total. The maximum Gasteiger partial charge on any atom is 0.416 e. The lowest BCUT2D eigenvalue weighted by atomic mass is 9.95. The van der Waals surface area contributed by atoms with E-state index in [0.717, 1.165) is 12.1 Å². The largest absolute Gasteiger partial charge is 0.491 e. The van der Waals surface area contributed by atoms with Gasteiger partial charge in [-0.25, -0.2) is 0 Å². The Labute approximate surface area is 104 Å². The highest BCUT2D eigenvalue weighted by atomic mass is 19.4. The Bertz CT molecular complexity index is 416. The van der Waals surface area contributed by atoms with Gasteiger partial charge >= 0.3 is 6.18 Å². The van der Waals surface area contributed by atoms with Crippen LogP contribution < -0.4 is 16.2 Å². The number of benzene rings is 1. The highest BCUT2D eigenvalue weighted by molar-refractivity contribution is 5.54. The van der Waals surface area contributed by atoms with Crippen LogP contribution in [0.2, 0.25) is 0 Å². The minimum absolute atomic E-state index is 0.0300. The van der Waals surface area contributed by atoms with Gasteiger partial charge in [0.05, 0.1) is 17.9 Å². The molecule has 6 heteroatoms. The molecule has 0 bridgehead atoms. The highest BCUT2D eigenvalue weighted by Crippen LogP contribution is 2.34. The summed E-state index contributed by atoms with van der Waals surface area (Å²) in [5, 5.41) is 0. The monoisotopic (exact) mass is 262 g/mol. The van der Waals surface area contributed by atoms with E-state index in [-0.39, 0.29) is 16.9 Å².